The first-order valence-electron chi connectivity index (χ1n) is 7.74. The molecule has 3 N–H and O–H groups in total. The van der Waals surface area contributed by atoms with Gasteiger partial charge in [-0.2, -0.15) is 0 Å². The summed E-state index contributed by atoms with van der Waals surface area (Å²) in [4.78, 5) is 23.8. The molecule has 24 heavy (non-hydrogen) atoms. The van der Waals surface area contributed by atoms with Crippen LogP contribution in [0.5, 0.6) is 0 Å². The second-order valence-electron chi connectivity index (χ2n) is 6.76. The first-order chi connectivity index (χ1) is 11.3. The van der Waals surface area contributed by atoms with Gasteiger partial charge in [0.25, 0.3) is 5.91 Å². The van der Waals surface area contributed by atoms with Gasteiger partial charge in [0, 0.05) is 12.2 Å². The largest absolute Gasteiger partial charge is 0.478 e. The monoisotopic (exact) mass is 326 g/mol. The van der Waals surface area contributed by atoms with E-state index in [0.717, 1.165) is 5.69 Å². The van der Waals surface area contributed by atoms with Crippen LogP contribution in [0.2, 0.25) is 0 Å². The van der Waals surface area contributed by atoms with E-state index in [-0.39, 0.29) is 22.6 Å². The van der Waals surface area contributed by atoms with Crippen LogP contribution in [-0.4, -0.2) is 23.5 Å². The lowest BCUT2D eigenvalue weighted by Crippen LogP contribution is -2.22. The van der Waals surface area contributed by atoms with Crippen molar-refractivity contribution in [1.82, 2.24) is 0 Å². The van der Waals surface area contributed by atoms with Gasteiger partial charge in [-0.15, -0.1) is 0 Å². The van der Waals surface area contributed by atoms with Crippen LogP contribution >= 0.6 is 0 Å². The van der Waals surface area contributed by atoms with E-state index >= 15 is 0 Å². The number of hydrogen-bond donors (Lipinski definition) is 3. The summed E-state index contributed by atoms with van der Waals surface area (Å²) in [5.74, 6) is -1.43. The molecule has 0 aliphatic heterocycles. The van der Waals surface area contributed by atoms with Crippen molar-refractivity contribution in [3.05, 3.63) is 59.7 Å². The van der Waals surface area contributed by atoms with Crippen molar-refractivity contribution in [2.24, 2.45) is 5.41 Å². The minimum absolute atomic E-state index is 0.0611. The fraction of sp³-hybridized carbons (Fsp3) is 0.263. The molecule has 0 spiro atoms. The predicted octanol–water partition coefficient (Wildman–Crippen LogP) is 4.10. The fourth-order valence-electron chi connectivity index (χ4n) is 2.16. The minimum atomic E-state index is -1.08. The van der Waals surface area contributed by atoms with Gasteiger partial charge in [0.05, 0.1) is 16.8 Å². The van der Waals surface area contributed by atoms with Crippen molar-refractivity contribution in [2.75, 3.05) is 17.2 Å². The molecule has 0 atom stereocenters. The number of hydrogen-bond acceptors (Lipinski definition) is 3. The molecule has 0 aromatic heterocycles. The first kappa shape index (κ1) is 17.5. The highest BCUT2D eigenvalue weighted by Gasteiger charge is 2.16. The number of anilines is 2. The van der Waals surface area contributed by atoms with Crippen LogP contribution in [0.4, 0.5) is 11.4 Å². The average molecular weight is 326 g/mol. The lowest BCUT2D eigenvalue weighted by atomic mass is 9.96. The lowest BCUT2D eigenvalue weighted by Gasteiger charge is -2.21. The molecule has 2 aromatic rings. The summed E-state index contributed by atoms with van der Waals surface area (Å²) >= 11 is 0. The Morgan fingerprint density at radius 2 is 1.46 bits per heavy atom. The lowest BCUT2D eigenvalue weighted by molar-refractivity contribution is 0.0698. The van der Waals surface area contributed by atoms with Gasteiger partial charge in [0.15, 0.2) is 0 Å². The standard InChI is InChI=1S/C19H22N2O3/c1-19(2,3)12-20-15-10-6-4-8-13(15)17(22)21-16-11-7-5-9-14(16)18(23)24/h4-11,20H,12H2,1-3H3,(H,21,22)(H,23,24). The Morgan fingerprint density at radius 3 is 2.04 bits per heavy atom. The van der Waals surface area contributed by atoms with E-state index in [0.29, 0.717) is 12.1 Å². The van der Waals surface area contributed by atoms with Crippen molar-refractivity contribution in [1.29, 1.82) is 0 Å². The second-order valence-corrected chi connectivity index (χ2v) is 6.76. The van der Waals surface area contributed by atoms with Crippen molar-refractivity contribution in [3.63, 3.8) is 0 Å². The number of benzene rings is 2. The third-order valence-electron chi connectivity index (χ3n) is 3.39. The number of carboxylic acid groups (broad SMARTS) is 1. The maximum absolute atomic E-state index is 12.6. The summed E-state index contributed by atoms with van der Waals surface area (Å²) in [6.07, 6.45) is 0. The minimum Gasteiger partial charge on any atom is -0.478 e. The first-order valence-corrected chi connectivity index (χ1v) is 7.74. The van der Waals surface area contributed by atoms with Gasteiger partial charge in [-0.1, -0.05) is 45.0 Å². The summed E-state index contributed by atoms with van der Waals surface area (Å²) in [5, 5.41) is 15.2. The third kappa shape index (κ3) is 4.59. The highest BCUT2D eigenvalue weighted by atomic mass is 16.4. The smallest absolute Gasteiger partial charge is 0.337 e. The molecule has 5 heteroatoms. The van der Waals surface area contributed by atoms with Crippen LogP contribution in [0, 0.1) is 5.41 Å². The number of carbonyl (C=O) groups excluding carboxylic acids is 1. The van der Waals surface area contributed by atoms with Crippen LogP contribution in [0.1, 0.15) is 41.5 Å². The fourth-order valence-corrected chi connectivity index (χ4v) is 2.16. The molecule has 0 aliphatic carbocycles. The zero-order chi connectivity index (χ0) is 17.7. The number of carboxylic acids is 1. The predicted molar refractivity (Wildman–Crippen MR) is 95.7 cm³/mol. The normalized spacial score (nSPS) is 11.0. The molecule has 126 valence electrons. The Bertz CT molecular complexity index is 748. The number of rotatable bonds is 5. The van der Waals surface area contributed by atoms with E-state index in [1.165, 1.54) is 6.07 Å². The molecule has 0 bridgehead atoms. The summed E-state index contributed by atoms with van der Waals surface area (Å²) in [7, 11) is 0. The molecule has 0 fully saturated rings. The highest BCUT2D eigenvalue weighted by molar-refractivity contribution is 6.10. The Kier molecular flexibility index (Phi) is 5.24. The van der Waals surface area contributed by atoms with Crippen LogP contribution in [0.25, 0.3) is 0 Å². The molecule has 1 amide bonds. The molecule has 0 radical (unpaired) electrons. The van der Waals surface area contributed by atoms with E-state index in [9.17, 15) is 14.7 Å². The Morgan fingerprint density at radius 1 is 0.917 bits per heavy atom. The number of nitrogens with one attached hydrogen (secondary N) is 2. The SMILES string of the molecule is CC(C)(C)CNc1ccccc1C(=O)Nc1ccccc1C(=O)O. The zero-order valence-electron chi connectivity index (χ0n) is 14.1. The van der Waals surface area contributed by atoms with E-state index in [2.05, 4.69) is 31.4 Å². The number of aromatic carboxylic acids is 1. The number of amides is 1. The topological polar surface area (TPSA) is 78.4 Å². The molecule has 0 heterocycles. The van der Waals surface area contributed by atoms with Crippen LogP contribution in [-0.2, 0) is 0 Å². The number of para-hydroxylation sites is 2. The van der Waals surface area contributed by atoms with Gasteiger partial charge in [-0.3, -0.25) is 4.79 Å². The van der Waals surface area contributed by atoms with Gasteiger partial charge < -0.3 is 15.7 Å². The van der Waals surface area contributed by atoms with E-state index in [1.807, 2.05) is 12.1 Å². The van der Waals surface area contributed by atoms with Gasteiger partial charge in [-0.25, -0.2) is 4.79 Å². The Hall–Kier alpha value is -2.82. The average Bonchev–Trinajstić information content (AvgIpc) is 2.52. The highest BCUT2D eigenvalue weighted by Crippen LogP contribution is 2.22. The summed E-state index contributed by atoms with van der Waals surface area (Å²) in [5.41, 5.74) is 1.60. The van der Waals surface area contributed by atoms with Crippen LogP contribution in [0.3, 0.4) is 0 Å². The van der Waals surface area contributed by atoms with E-state index in [4.69, 9.17) is 0 Å². The molecule has 0 unspecified atom stereocenters. The molecule has 5 nitrogen and oxygen atoms in total. The number of carbonyl (C=O) groups is 2. The van der Waals surface area contributed by atoms with Crippen molar-refractivity contribution < 1.29 is 14.7 Å². The molecular formula is C19H22N2O3. The summed E-state index contributed by atoms with van der Waals surface area (Å²) < 4.78 is 0. The van der Waals surface area contributed by atoms with Gasteiger partial charge >= 0.3 is 5.97 Å². The molecule has 2 aromatic carbocycles. The second kappa shape index (κ2) is 7.17. The van der Waals surface area contributed by atoms with Crippen molar-refractivity contribution in [2.45, 2.75) is 20.8 Å². The van der Waals surface area contributed by atoms with Crippen LogP contribution < -0.4 is 10.6 Å². The third-order valence-corrected chi connectivity index (χ3v) is 3.39. The Labute approximate surface area is 141 Å². The van der Waals surface area contributed by atoms with Crippen molar-refractivity contribution >= 4 is 23.3 Å². The molecule has 0 saturated carbocycles. The summed E-state index contributed by atoms with van der Waals surface area (Å²) in [6.45, 7) is 7.02. The molecule has 2 rings (SSSR count). The maximum Gasteiger partial charge on any atom is 0.337 e. The quantitative estimate of drug-likeness (QED) is 0.773. The van der Waals surface area contributed by atoms with E-state index < -0.39 is 5.97 Å². The molecule has 0 saturated heterocycles. The van der Waals surface area contributed by atoms with Crippen molar-refractivity contribution in [3.8, 4) is 0 Å². The molecular weight excluding hydrogens is 304 g/mol. The molecule has 0 aliphatic rings. The Balaban J connectivity index is 2.23. The van der Waals surface area contributed by atoms with Gasteiger partial charge in [-0.05, 0) is 29.7 Å². The van der Waals surface area contributed by atoms with E-state index in [1.54, 1.807) is 30.3 Å². The van der Waals surface area contributed by atoms with Crippen LogP contribution in [0.15, 0.2) is 48.5 Å². The van der Waals surface area contributed by atoms with Gasteiger partial charge in [0.2, 0.25) is 0 Å². The zero-order valence-corrected chi connectivity index (χ0v) is 14.1. The summed E-state index contributed by atoms with van der Waals surface area (Å²) in [6, 6.07) is 13.5. The van der Waals surface area contributed by atoms with Gasteiger partial charge in [0.1, 0.15) is 0 Å². The maximum atomic E-state index is 12.6.